The third kappa shape index (κ3) is 5.56. The zero-order valence-electron chi connectivity index (χ0n) is 8.49. The number of amides is 1. The number of rotatable bonds is 8. The smallest absolute Gasteiger partial charge is 0.328 e. The molecule has 6 heteroatoms. The minimum Gasteiger partial charge on any atom is -0.464 e. The van der Waals surface area contributed by atoms with Gasteiger partial charge in [0.25, 0.3) is 0 Å². The van der Waals surface area contributed by atoms with E-state index in [1.54, 1.807) is 6.92 Å². The molecule has 15 heavy (non-hydrogen) atoms. The second kappa shape index (κ2) is 7.66. The summed E-state index contributed by atoms with van der Waals surface area (Å²) in [4.78, 5) is 32.2. The summed E-state index contributed by atoms with van der Waals surface area (Å²) in [6, 6.07) is -0.814. The first-order valence-electron chi connectivity index (χ1n) is 4.55. The molecule has 0 bridgehead atoms. The summed E-state index contributed by atoms with van der Waals surface area (Å²) < 4.78 is 4.69. The Morgan fingerprint density at radius 1 is 1.53 bits per heavy atom. The molecule has 0 aliphatic heterocycles. The summed E-state index contributed by atoms with van der Waals surface area (Å²) in [6.07, 6.45) is 1.25. The maximum absolute atomic E-state index is 11.2. The van der Waals surface area contributed by atoms with Crippen LogP contribution in [0.15, 0.2) is 0 Å². The van der Waals surface area contributed by atoms with Gasteiger partial charge in [-0.05, 0) is 13.3 Å². The number of hydrogen-bond acceptors (Lipinski definition) is 5. The summed E-state index contributed by atoms with van der Waals surface area (Å²) in [5, 5.41) is 8.93. The highest BCUT2D eigenvalue weighted by Crippen LogP contribution is 2.00. The van der Waals surface area contributed by atoms with E-state index >= 15 is 0 Å². The van der Waals surface area contributed by atoms with Gasteiger partial charge in [0, 0.05) is 6.42 Å². The monoisotopic (exact) mass is 214 g/mol. The van der Waals surface area contributed by atoms with Crippen LogP contribution in [-0.4, -0.2) is 37.0 Å². The second-order valence-electron chi connectivity index (χ2n) is 2.74. The van der Waals surface area contributed by atoms with Gasteiger partial charge in [0.1, 0.15) is 6.04 Å². The average molecular weight is 214 g/mol. The zero-order valence-corrected chi connectivity index (χ0v) is 8.49. The molecule has 0 aromatic carbocycles. The lowest BCUT2D eigenvalue weighted by molar-refractivity contribution is -0.146. The van der Waals surface area contributed by atoms with Crippen molar-refractivity contribution in [3.8, 4) is 0 Å². The molecule has 1 unspecified atom stereocenters. The van der Waals surface area contributed by atoms with Crippen molar-refractivity contribution in [1.29, 1.82) is 5.41 Å². The van der Waals surface area contributed by atoms with Crippen molar-refractivity contribution in [3.63, 3.8) is 0 Å². The summed E-state index contributed by atoms with van der Waals surface area (Å²) in [5.74, 6) is -0.959. The van der Waals surface area contributed by atoms with E-state index in [-0.39, 0.29) is 19.4 Å². The van der Waals surface area contributed by atoms with Gasteiger partial charge < -0.3 is 15.5 Å². The lowest BCUT2D eigenvalue weighted by atomic mass is 10.1. The predicted molar refractivity (Wildman–Crippen MR) is 52.6 cm³/mol. The number of Topliss-reactive ketones (excluding diaryl/α,β-unsaturated/α-hetero) is 1. The Kier molecular flexibility index (Phi) is 6.78. The maximum Gasteiger partial charge on any atom is 0.328 e. The number of hydrogen-bond donors (Lipinski definition) is 2. The van der Waals surface area contributed by atoms with E-state index < -0.39 is 17.8 Å². The van der Waals surface area contributed by atoms with Gasteiger partial charge in [0.05, 0.1) is 12.8 Å². The van der Waals surface area contributed by atoms with Crippen molar-refractivity contribution < 1.29 is 19.1 Å². The third-order valence-corrected chi connectivity index (χ3v) is 1.68. The highest BCUT2D eigenvalue weighted by molar-refractivity contribution is 6.26. The van der Waals surface area contributed by atoms with Crippen molar-refractivity contribution in [3.05, 3.63) is 0 Å². The van der Waals surface area contributed by atoms with Crippen molar-refractivity contribution in [1.82, 2.24) is 5.32 Å². The average Bonchev–Trinajstić information content (AvgIpc) is 2.23. The number of carbonyl (C=O) groups is 3. The van der Waals surface area contributed by atoms with Crippen LogP contribution in [0, 0.1) is 5.41 Å². The molecule has 0 aromatic rings. The molecular weight excluding hydrogens is 200 g/mol. The number of carbonyl (C=O) groups excluding carboxylic acids is 3. The molecule has 6 nitrogen and oxygen atoms in total. The van der Waals surface area contributed by atoms with Gasteiger partial charge in [-0.15, -0.1) is 0 Å². The normalized spacial score (nSPS) is 11.3. The standard InChI is InChI=1S/C9H14N2O4/c1-2-15-9(14)8(11-6-12)4-3-7(13)5-10/h5-6,8,10H,2-4H2,1H3,(H,11,12). The number of ketones is 1. The third-order valence-electron chi connectivity index (χ3n) is 1.68. The molecule has 0 aliphatic rings. The SMILES string of the molecule is CCOC(=O)C(CCC(=O)C=N)NC=O. The molecule has 0 aliphatic carbocycles. The minimum atomic E-state index is -0.814. The highest BCUT2D eigenvalue weighted by atomic mass is 16.5. The fourth-order valence-corrected chi connectivity index (χ4v) is 0.953. The predicted octanol–water partition coefficient (Wildman–Crippen LogP) is -0.337. The van der Waals surface area contributed by atoms with Crippen LogP contribution in [0.3, 0.4) is 0 Å². The Balaban J connectivity index is 4.13. The van der Waals surface area contributed by atoms with E-state index in [2.05, 4.69) is 5.32 Å². The van der Waals surface area contributed by atoms with E-state index in [1.165, 1.54) is 0 Å². The van der Waals surface area contributed by atoms with Gasteiger partial charge >= 0.3 is 5.97 Å². The Morgan fingerprint density at radius 3 is 2.67 bits per heavy atom. The first-order chi connectivity index (χ1) is 7.15. The minimum absolute atomic E-state index is 0.0355. The van der Waals surface area contributed by atoms with Gasteiger partial charge in [0.2, 0.25) is 6.41 Å². The van der Waals surface area contributed by atoms with Crippen molar-refractivity contribution in [2.24, 2.45) is 0 Å². The van der Waals surface area contributed by atoms with Crippen molar-refractivity contribution in [2.75, 3.05) is 6.61 Å². The van der Waals surface area contributed by atoms with Crippen LogP contribution >= 0.6 is 0 Å². The molecule has 1 amide bonds. The van der Waals surface area contributed by atoms with E-state index in [1.807, 2.05) is 0 Å². The van der Waals surface area contributed by atoms with E-state index in [0.717, 1.165) is 0 Å². The molecule has 0 aromatic heterocycles. The highest BCUT2D eigenvalue weighted by Gasteiger charge is 2.19. The van der Waals surface area contributed by atoms with Gasteiger partial charge in [-0.2, -0.15) is 0 Å². The van der Waals surface area contributed by atoms with Crippen LogP contribution in [0.1, 0.15) is 19.8 Å². The maximum atomic E-state index is 11.2. The number of esters is 1. The van der Waals surface area contributed by atoms with Crippen LogP contribution in [0.5, 0.6) is 0 Å². The zero-order chi connectivity index (χ0) is 11.7. The van der Waals surface area contributed by atoms with Crippen LogP contribution in [-0.2, 0) is 19.1 Å². The van der Waals surface area contributed by atoms with Gasteiger partial charge in [-0.1, -0.05) is 0 Å². The molecule has 0 rings (SSSR count). The largest absolute Gasteiger partial charge is 0.464 e. The molecule has 0 saturated carbocycles. The summed E-state index contributed by atoms with van der Waals surface area (Å²) in [6.45, 7) is 1.87. The van der Waals surface area contributed by atoms with E-state index in [9.17, 15) is 14.4 Å². The molecule has 0 spiro atoms. The molecule has 2 N–H and O–H groups in total. The Morgan fingerprint density at radius 2 is 2.20 bits per heavy atom. The fraction of sp³-hybridized carbons (Fsp3) is 0.556. The van der Waals surface area contributed by atoms with Crippen LogP contribution in [0.4, 0.5) is 0 Å². The lowest BCUT2D eigenvalue weighted by Crippen LogP contribution is -2.37. The molecule has 0 heterocycles. The Labute approximate surface area is 87.5 Å². The fourth-order valence-electron chi connectivity index (χ4n) is 0.953. The molecular formula is C9H14N2O4. The number of ether oxygens (including phenoxy) is 1. The Bertz CT molecular complexity index is 252. The second-order valence-corrected chi connectivity index (χ2v) is 2.74. The number of nitrogens with one attached hydrogen (secondary N) is 2. The summed E-state index contributed by atoms with van der Waals surface area (Å²) in [7, 11) is 0. The lowest BCUT2D eigenvalue weighted by Gasteiger charge is -2.13. The topological polar surface area (TPSA) is 96.3 Å². The summed E-state index contributed by atoms with van der Waals surface area (Å²) >= 11 is 0. The first-order valence-corrected chi connectivity index (χ1v) is 4.55. The van der Waals surface area contributed by atoms with Crippen LogP contribution < -0.4 is 5.32 Å². The van der Waals surface area contributed by atoms with Gasteiger partial charge in [0.15, 0.2) is 5.78 Å². The van der Waals surface area contributed by atoms with Crippen molar-refractivity contribution >= 4 is 24.4 Å². The quantitative estimate of drug-likeness (QED) is 0.328. The molecule has 0 fully saturated rings. The van der Waals surface area contributed by atoms with Crippen molar-refractivity contribution in [2.45, 2.75) is 25.8 Å². The van der Waals surface area contributed by atoms with Crippen LogP contribution in [0.25, 0.3) is 0 Å². The Hall–Kier alpha value is -1.72. The molecule has 0 radical (unpaired) electrons. The van der Waals surface area contributed by atoms with Gasteiger partial charge in [-0.25, -0.2) is 4.79 Å². The molecule has 1 atom stereocenters. The summed E-state index contributed by atoms with van der Waals surface area (Å²) in [5.41, 5.74) is 0. The van der Waals surface area contributed by atoms with Gasteiger partial charge in [-0.3, -0.25) is 9.59 Å². The molecule has 84 valence electrons. The van der Waals surface area contributed by atoms with E-state index in [0.29, 0.717) is 12.6 Å². The molecule has 0 saturated heterocycles. The first kappa shape index (κ1) is 13.3. The van der Waals surface area contributed by atoms with E-state index in [4.69, 9.17) is 10.1 Å². The van der Waals surface area contributed by atoms with Crippen LogP contribution in [0.2, 0.25) is 0 Å².